The maximum Gasteiger partial charge on any atom is 0.192 e. The third-order valence-electron chi connectivity index (χ3n) is 6.97. The fourth-order valence-corrected chi connectivity index (χ4v) is 4.96. The molecule has 3 nitrogen and oxygen atoms in total. The van der Waals surface area contributed by atoms with Gasteiger partial charge in [0.1, 0.15) is 0 Å². The van der Waals surface area contributed by atoms with E-state index in [-0.39, 0.29) is 5.04 Å². The van der Waals surface area contributed by atoms with Gasteiger partial charge in [-0.1, -0.05) is 39.7 Å². The second-order valence-corrected chi connectivity index (χ2v) is 14.7. The summed E-state index contributed by atoms with van der Waals surface area (Å²) >= 11 is 0. The third-order valence-corrected chi connectivity index (χ3v) is 11.5. The molecular weight excluding hydrogens is 338 g/mol. The molecule has 26 heavy (non-hydrogen) atoms. The summed E-state index contributed by atoms with van der Waals surface area (Å²) in [7, 11) is 0.146. The summed E-state index contributed by atoms with van der Waals surface area (Å²) in [5, 5.41) is 11.5. The van der Waals surface area contributed by atoms with Crippen LogP contribution in [0.15, 0.2) is 12.1 Å². The zero-order valence-electron chi connectivity index (χ0n) is 17.6. The zero-order chi connectivity index (χ0) is 19.2. The normalized spacial score (nSPS) is 24.0. The first kappa shape index (κ1) is 19.9. The van der Waals surface area contributed by atoms with Crippen molar-refractivity contribution in [2.24, 2.45) is 0 Å². The van der Waals surface area contributed by atoms with Gasteiger partial charge in [0.25, 0.3) is 0 Å². The summed E-state index contributed by atoms with van der Waals surface area (Å²) in [5.41, 5.74) is 4.56. The Labute approximate surface area is 160 Å². The van der Waals surface area contributed by atoms with Gasteiger partial charge in [0.15, 0.2) is 14.0 Å². The quantitative estimate of drug-likeness (QED) is 0.751. The van der Waals surface area contributed by atoms with Crippen molar-refractivity contribution in [3.8, 4) is 0 Å². The van der Waals surface area contributed by atoms with Crippen molar-refractivity contribution < 1.29 is 9.53 Å². The number of aliphatic hydroxyl groups is 1. The molecule has 0 aromatic heterocycles. The Kier molecular flexibility index (Phi) is 5.32. The second kappa shape index (κ2) is 6.96. The molecule has 0 saturated carbocycles. The summed E-state index contributed by atoms with van der Waals surface area (Å²) in [6.07, 6.45) is 8.30. The maximum absolute atomic E-state index is 11.4. The van der Waals surface area contributed by atoms with E-state index in [1.54, 1.807) is 0 Å². The van der Waals surface area contributed by atoms with E-state index in [1.807, 2.05) is 7.05 Å². The average molecular weight is 376 g/mol. The number of likely N-dealkylation sites (N-methyl/N-ethyl adjacent to an activating group) is 1. The maximum atomic E-state index is 11.4. The summed E-state index contributed by atoms with van der Waals surface area (Å²) in [6, 6.07) is 4.72. The molecule has 1 N–H and O–H groups in total. The molecule has 0 radical (unpaired) electrons. The number of fused-ring (bicyclic) bond motifs is 2. The standard InChI is InChI=1S/C22H37NO2Si/c1-21(2,3)26(5,6)25-16-22(24)15-19-13-17-11-9-7-8-10-12-18(17)14-20(19)23(22)4/h13-14,24H,7-12,15-16H2,1-6H3. The minimum absolute atomic E-state index is 0.156. The molecule has 1 heterocycles. The van der Waals surface area contributed by atoms with E-state index in [9.17, 15) is 5.11 Å². The van der Waals surface area contributed by atoms with E-state index in [1.165, 1.54) is 60.9 Å². The molecule has 0 fully saturated rings. The molecule has 3 rings (SSSR count). The molecule has 1 aliphatic carbocycles. The predicted molar refractivity (Wildman–Crippen MR) is 113 cm³/mol. The molecule has 1 aliphatic heterocycles. The van der Waals surface area contributed by atoms with Crippen molar-refractivity contribution >= 4 is 14.0 Å². The van der Waals surface area contributed by atoms with Gasteiger partial charge in [0, 0.05) is 19.2 Å². The summed E-state index contributed by atoms with van der Waals surface area (Å²) < 4.78 is 6.40. The van der Waals surface area contributed by atoms with Gasteiger partial charge in [-0.25, -0.2) is 0 Å². The van der Waals surface area contributed by atoms with Crippen molar-refractivity contribution in [1.29, 1.82) is 0 Å². The third kappa shape index (κ3) is 3.74. The number of anilines is 1. The lowest BCUT2D eigenvalue weighted by molar-refractivity contribution is -0.000668. The Hall–Kier alpha value is -0.843. The molecule has 4 heteroatoms. The fraction of sp³-hybridized carbons (Fsp3) is 0.727. The molecule has 0 bridgehead atoms. The molecule has 0 saturated heterocycles. The van der Waals surface area contributed by atoms with Crippen molar-refractivity contribution in [2.75, 3.05) is 18.6 Å². The van der Waals surface area contributed by atoms with Gasteiger partial charge in [0.05, 0.1) is 6.61 Å². The highest BCUT2D eigenvalue weighted by molar-refractivity contribution is 6.74. The fourth-order valence-electron chi connectivity index (χ4n) is 3.94. The van der Waals surface area contributed by atoms with Gasteiger partial charge in [-0.05, 0) is 66.6 Å². The van der Waals surface area contributed by atoms with E-state index < -0.39 is 14.0 Å². The molecule has 1 aromatic rings. The van der Waals surface area contributed by atoms with Crippen LogP contribution >= 0.6 is 0 Å². The topological polar surface area (TPSA) is 32.7 Å². The van der Waals surface area contributed by atoms with Crippen molar-refractivity contribution in [3.05, 3.63) is 28.8 Å². The van der Waals surface area contributed by atoms with E-state index in [4.69, 9.17) is 4.43 Å². The van der Waals surface area contributed by atoms with Crippen LogP contribution in [0.3, 0.4) is 0 Å². The lowest BCUT2D eigenvalue weighted by Gasteiger charge is -2.40. The van der Waals surface area contributed by atoms with E-state index in [2.05, 4.69) is 50.9 Å². The Morgan fingerprint density at radius 2 is 1.62 bits per heavy atom. The molecule has 0 amide bonds. The van der Waals surface area contributed by atoms with Gasteiger partial charge in [0.2, 0.25) is 0 Å². The SMILES string of the molecule is CN1c2cc3c(cc2CC1(O)CO[Si](C)(C)C(C)(C)C)CCCCCC3. The van der Waals surface area contributed by atoms with Crippen LogP contribution in [0.25, 0.3) is 0 Å². The molecular formula is C22H37NO2Si. The number of hydrogen-bond donors (Lipinski definition) is 1. The van der Waals surface area contributed by atoms with E-state index in [0.717, 1.165) is 0 Å². The average Bonchev–Trinajstić information content (AvgIpc) is 2.76. The van der Waals surface area contributed by atoms with Crippen molar-refractivity contribution in [3.63, 3.8) is 0 Å². The Morgan fingerprint density at radius 3 is 2.19 bits per heavy atom. The summed E-state index contributed by atoms with van der Waals surface area (Å²) in [5.74, 6) is 0. The smallest absolute Gasteiger partial charge is 0.192 e. The summed E-state index contributed by atoms with van der Waals surface area (Å²) in [6.45, 7) is 11.6. The highest BCUT2D eigenvalue weighted by atomic mass is 28.4. The zero-order valence-corrected chi connectivity index (χ0v) is 18.6. The first-order chi connectivity index (χ1) is 12.0. The van der Waals surface area contributed by atoms with Gasteiger partial charge in [-0.3, -0.25) is 0 Å². The molecule has 0 spiro atoms. The van der Waals surface area contributed by atoms with Crippen LogP contribution in [0.5, 0.6) is 0 Å². The summed E-state index contributed by atoms with van der Waals surface area (Å²) in [4.78, 5) is 2.06. The van der Waals surface area contributed by atoms with Crippen molar-refractivity contribution in [2.45, 2.75) is 89.6 Å². The Balaban J connectivity index is 1.81. The first-order valence-corrected chi connectivity index (χ1v) is 13.2. The predicted octanol–water partition coefficient (Wildman–Crippen LogP) is 5.05. The minimum Gasteiger partial charge on any atom is -0.412 e. The van der Waals surface area contributed by atoms with Gasteiger partial charge in [-0.2, -0.15) is 0 Å². The number of hydrogen-bond acceptors (Lipinski definition) is 3. The van der Waals surface area contributed by atoms with Gasteiger partial charge < -0.3 is 14.4 Å². The Morgan fingerprint density at radius 1 is 1.04 bits per heavy atom. The van der Waals surface area contributed by atoms with Crippen molar-refractivity contribution in [1.82, 2.24) is 0 Å². The van der Waals surface area contributed by atoms with Crippen LogP contribution < -0.4 is 4.90 Å². The molecule has 146 valence electrons. The highest BCUT2D eigenvalue weighted by Gasteiger charge is 2.44. The minimum atomic E-state index is -1.88. The van der Waals surface area contributed by atoms with Crippen LogP contribution in [0, 0.1) is 0 Å². The van der Waals surface area contributed by atoms with Crippen LogP contribution in [-0.4, -0.2) is 32.8 Å². The van der Waals surface area contributed by atoms with Crippen LogP contribution in [0.4, 0.5) is 5.69 Å². The van der Waals surface area contributed by atoms with Crippen LogP contribution in [0.2, 0.25) is 18.1 Å². The first-order valence-electron chi connectivity index (χ1n) is 10.3. The lowest BCUT2D eigenvalue weighted by Crippen LogP contribution is -2.52. The van der Waals surface area contributed by atoms with E-state index >= 15 is 0 Å². The molecule has 1 atom stereocenters. The van der Waals surface area contributed by atoms with Crippen LogP contribution in [0.1, 0.15) is 63.1 Å². The Bertz CT molecular complexity index is 665. The molecule has 1 unspecified atom stereocenters. The monoisotopic (exact) mass is 375 g/mol. The van der Waals surface area contributed by atoms with Gasteiger partial charge >= 0.3 is 0 Å². The van der Waals surface area contributed by atoms with Crippen LogP contribution in [-0.2, 0) is 23.7 Å². The number of nitrogens with zero attached hydrogens (tertiary/aromatic N) is 1. The second-order valence-electron chi connectivity index (χ2n) is 9.93. The highest BCUT2D eigenvalue weighted by Crippen LogP contribution is 2.42. The van der Waals surface area contributed by atoms with E-state index in [0.29, 0.717) is 13.0 Å². The number of benzene rings is 1. The number of rotatable bonds is 3. The molecule has 2 aliphatic rings. The number of aryl methyl sites for hydroxylation is 2. The van der Waals surface area contributed by atoms with Gasteiger partial charge in [-0.15, -0.1) is 0 Å². The lowest BCUT2D eigenvalue weighted by atomic mass is 9.91. The molecule has 1 aromatic carbocycles. The largest absolute Gasteiger partial charge is 0.412 e.